The van der Waals surface area contributed by atoms with Gasteiger partial charge in [0.2, 0.25) is 11.8 Å². The number of hydrogen-bond acceptors (Lipinski definition) is 6. The Morgan fingerprint density at radius 3 is 2.81 bits per heavy atom. The first kappa shape index (κ1) is 23.8. The number of fused-ring (bicyclic) bond motifs is 2. The molecule has 7 aliphatic rings. The molecule has 2 amide bonds. The maximum atomic E-state index is 12.9. The second kappa shape index (κ2) is 7.85. The first-order valence-corrected chi connectivity index (χ1v) is 14.1. The Kier molecular flexibility index (Phi) is 5.05. The highest BCUT2D eigenvalue weighted by molar-refractivity contribution is 5.86. The summed E-state index contributed by atoms with van der Waals surface area (Å²) < 4.78 is 13.3. The van der Waals surface area contributed by atoms with Crippen LogP contribution in [-0.4, -0.2) is 72.4 Å². The van der Waals surface area contributed by atoms with Crippen LogP contribution in [-0.2, 0) is 26.2 Å². The number of benzene rings is 1. The molecule has 8 rings (SSSR count). The average molecular weight is 510 g/mol. The van der Waals surface area contributed by atoms with Gasteiger partial charge in [-0.3, -0.25) is 14.5 Å². The van der Waals surface area contributed by atoms with Crippen LogP contribution < -0.4 is 15.4 Å². The summed E-state index contributed by atoms with van der Waals surface area (Å²) in [5.41, 5.74) is 1.89. The highest BCUT2D eigenvalue weighted by Gasteiger charge is 2.80. The Hall–Kier alpha value is -2.32. The van der Waals surface area contributed by atoms with Gasteiger partial charge < -0.3 is 25.2 Å². The molecule has 8 nitrogen and oxygen atoms in total. The molecule has 37 heavy (non-hydrogen) atoms. The van der Waals surface area contributed by atoms with Crippen LogP contribution in [0.4, 0.5) is 0 Å². The summed E-state index contributed by atoms with van der Waals surface area (Å²) in [4.78, 5) is 27.1. The molecule has 0 radical (unpaired) electrons. The van der Waals surface area contributed by atoms with Crippen LogP contribution in [0.3, 0.4) is 0 Å². The number of phenolic OH excluding ortho intramolecular Hbond substituents is 1. The first-order chi connectivity index (χ1) is 17.8. The second-order valence-corrected chi connectivity index (χ2v) is 12.7. The molecule has 1 aromatic carbocycles. The third kappa shape index (κ3) is 2.97. The molecular formula is C29H39N3O5. The molecule has 4 saturated carbocycles. The Labute approximate surface area is 218 Å². The minimum Gasteiger partial charge on any atom is -0.504 e. The molecule has 200 valence electrons. The van der Waals surface area contributed by atoms with Gasteiger partial charge in [-0.15, -0.1) is 0 Å². The fourth-order valence-corrected chi connectivity index (χ4v) is 9.54. The molecule has 8 heteroatoms. The summed E-state index contributed by atoms with van der Waals surface area (Å²) in [7, 11) is 1.79. The van der Waals surface area contributed by atoms with Crippen molar-refractivity contribution >= 4 is 11.8 Å². The fraction of sp³-hybridized carbons (Fsp3) is 0.724. The smallest absolute Gasteiger partial charge is 0.242 e. The highest BCUT2D eigenvalue weighted by atomic mass is 16.6. The lowest BCUT2D eigenvalue weighted by Crippen LogP contribution is -2.81. The Balaban J connectivity index is 1.29. The predicted octanol–water partition coefficient (Wildman–Crippen LogP) is 2.26. The van der Waals surface area contributed by atoms with Crippen molar-refractivity contribution < 1.29 is 24.2 Å². The van der Waals surface area contributed by atoms with Crippen molar-refractivity contribution in [3.8, 4) is 11.5 Å². The van der Waals surface area contributed by atoms with E-state index >= 15 is 0 Å². The molecule has 2 heterocycles. The number of rotatable bonds is 7. The number of carbonyl (C=O) groups is 2. The van der Waals surface area contributed by atoms with Gasteiger partial charge in [0.25, 0.3) is 0 Å². The normalized spacial score (nSPS) is 39.5. The van der Waals surface area contributed by atoms with E-state index in [1.165, 1.54) is 37.4 Å². The molecule has 0 aromatic heterocycles. The van der Waals surface area contributed by atoms with Crippen LogP contribution in [0.5, 0.6) is 11.5 Å². The molecule has 7 atom stereocenters. The summed E-state index contributed by atoms with van der Waals surface area (Å²) in [5, 5.41) is 16.8. The van der Waals surface area contributed by atoms with E-state index in [4.69, 9.17) is 9.47 Å². The van der Waals surface area contributed by atoms with Crippen molar-refractivity contribution in [2.45, 2.75) is 88.0 Å². The van der Waals surface area contributed by atoms with E-state index < -0.39 is 11.6 Å². The van der Waals surface area contributed by atoms with E-state index in [1.54, 1.807) is 14.0 Å². The van der Waals surface area contributed by atoms with Gasteiger partial charge in [0, 0.05) is 55.5 Å². The Bertz CT molecular complexity index is 1170. The monoisotopic (exact) mass is 509 g/mol. The van der Waals surface area contributed by atoms with E-state index in [0.29, 0.717) is 18.3 Å². The van der Waals surface area contributed by atoms with Crippen LogP contribution in [0.2, 0.25) is 0 Å². The number of phenols is 1. The van der Waals surface area contributed by atoms with Crippen LogP contribution >= 0.6 is 0 Å². The number of likely N-dealkylation sites (tertiary alicyclic amines) is 1. The number of amides is 2. The van der Waals surface area contributed by atoms with Gasteiger partial charge in [0.15, 0.2) is 11.5 Å². The largest absolute Gasteiger partial charge is 0.504 e. The molecule has 3 N–H and O–H groups in total. The van der Waals surface area contributed by atoms with Gasteiger partial charge in [-0.2, -0.15) is 0 Å². The minimum absolute atomic E-state index is 0.0236. The molecule has 2 spiro atoms. The summed E-state index contributed by atoms with van der Waals surface area (Å²) in [6.07, 6.45) is 7.44. The number of piperidine rings is 1. The number of aromatic hydroxyl groups is 1. The zero-order chi connectivity index (χ0) is 25.7. The number of nitrogens with zero attached hydrogens (tertiary/aromatic N) is 1. The first-order valence-electron chi connectivity index (χ1n) is 14.1. The zero-order valence-electron chi connectivity index (χ0n) is 22.1. The molecule has 2 unspecified atom stereocenters. The number of ether oxygens (including phenoxy) is 2. The second-order valence-electron chi connectivity index (χ2n) is 12.7. The zero-order valence-corrected chi connectivity index (χ0v) is 22.1. The fourth-order valence-electron chi connectivity index (χ4n) is 9.54. The number of nitrogens with one attached hydrogen (secondary N) is 2. The molecule has 1 aromatic rings. The van der Waals surface area contributed by atoms with Crippen LogP contribution in [0, 0.1) is 17.3 Å². The molecule has 2 aliphatic heterocycles. The SMILES string of the molecule is COC12CC[C@@]3(C[C@@H]1CNC(=O)[C@H](C)NC(C)=O)[C@H]1Cc4ccc(O)c5c4[C@@]3(CCN1CC1CC1)C2O5. The molecular weight excluding hydrogens is 470 g/mol. The summed E-state index contributed by atoms with van der Waals surface area (Å²) >= 11 is 0. The number of hydrogen-bond donors (Lipinski definition) is 3. The van der Waals surface area contributed by atoms with Crippen LogP contribution in [0.1, 0.15) is 63.5 Å². The lowest BCUT2D eigenvalue weighted by Gasteiger charge is -2.74. The van der Waals surface area contributed by atoms with E-state index in [-0.39, 0.29) is 40.4 Å². The van der Waals surface area contributed by atoms with Crippen molar-refractivity contribution in [2.75, 3.05) is 26.7 Å². The summed E-state index contributed by atoms with van der Waals surface area (Å²) in [5.74, 6) is 1.43. The molecule has 1 saturated heterocycles. The lowest BCUT2D eigenvalue weighted by molar-refractivity contribution is -0.276. The van der Waals surface area contributed by atoms with Gasteiger partial charge in [-0.25, -0.2) is 0 Å². The van der Waals surface area contributed by atoms with Crippen LogP contribution in [0.15, 0.2) is 12.1 Å². The van der Waals surface area contributed by atoms with Crippen molar-refractivity contribution in [2.24, 2.45) is 17.3 Å². The quantitative estimate of drug-likeness (QED) is 0.522. The standard InChI is InChI=1S/C29H39N3O5/c1-16(31-17(2)33)25(35)30-14-20-13-27-8-9-29(20,36-3)26-28(27)10-11-32(15-18-4-5-18)22(27)12-19-6-7-21(34)24(37-26)23(19)28/h6-7,16,18,20,22,26,34H,4-5,8-15H2,1-3H3,(H,30,35)(H,31,33)/t16-,20+,22+,26?,27+,28-,29?/m0/s1. The minimum atomic E-state index is -0.587. The van der Waals surface area contributed by atoms with Crippen molar-refractivity contribution in [1.29, 1.82) is 0 Å². The molecule has 5 fully saturated rings. The van der Waals surface area contributed by atoms with Gasteiger partial charge >= 0.3 is 0 Å². The predicted molar refractivity (Wildman–Crippen MR) is 136 cm³/mol. The van der Waals surface area contributed by atoms with E-state index in [2.05, 4.69) is 21.6 Å². The van der Waals surface area contributed by atoms with Gasteiger partial charge in [0.05, 0.1) is 0 Å². The third-order valence-electron chi connectivity index (χ3n) is 11.1. The average Bonchev–Trinajstić information content (AvgIpc) is 3.62. The van der Waals surface area contributed by atoms with Crippen LogP contribution in [0.25, 0.3) is 0 Å². The van der Waals surface area contributed by atoms with Gasteiger partial charge in [0.1, 0.15) is 17.7 Å². The van der Waals surface area contributed by atoms with Gasteiger partial charge in [-0.05, 0) is 76.0 Å². The number of carbonyl (C=O) groups excluding carboxylic acids is 2. The van der Waals surface area contributed by atoms with Crippen molar-refractivity contribution in [1.82, 2.24) is 15.5 Å². The van der Waals surface area contributed by atoms with E-state index in [1.807, 2.05) is 6.07 Å². The molecule has 4 bridgehead atoms. The highest BCUT2D eigenvalue weighted by Crippen LogP contribution is 2.76. The Morgan fingerprint density at radius 1 is 1.27 bits per heavy atom. The Morgan fingerprint density at radius 2 is 2.08 bits per heavy atom. The van der Waals surface area contributed by atoms with E-state index in [0.717, 1.165) is 44.6 Å². The summed E-state index contributed by atoms with van der Waals surface area (Å²) in [6.45, 7) is 5.87. The van der Waals surface area contributed by atoms with Crippen molar-refractivity contribution in [3.63, 3.8) is 0 Å². The lowest BCUT2D eigenvalue weighted by atomic mass is 9.35. The van der Waals surface area contributed by atoms with E-state index in [9.17, 15) is 14.7 Å². The van der Waals surface area contributed by atoms with Crippen molar-refractivity contribution in [3.05, 3.63) is 23.3 Å². The number of methoxy groups -OCH3 is 1. The maximum absolute atomic E-state index is 12.9. The van der Waals surface area contributed by atoms with Gasteiger partial charge in [-0.1, -0.05) is 6.07 Å². The topological polar surface area (TPSA) is 100 Å². The third-order valence-corrected chi connectivity index (χ3v) is 11.1. The molecule has 5 aliphatic carbocycles. The summed E-state index contributed by atoms with van der Waals surface area (Å²) in [6, 6.07) is 3.78. The maximum Gasteiger partial charge on any atom is 0.242 e.